The molecule has 1 N–H and O–H groups in total. The molecular weight excluding hydrogens is 360 g/mol. The van der Waals surface area contributed by atoms with Crippen LogP contribution in [-0.2, 0) is 6.61 Å². The van der Waals surface area contributed by atoms with Crippen LogP contribution in [0.15, 0.2) is 33.8 Å². The molecule has 3 aromatic rings. The highest BCUT2D eigenvalue weighted by Crippen LogP contribution is 2.26. The quantitative estimate of drug-likeness (QED) is 0.523. The number of rotatable bonds is 5. The third-order valence-electron chi connectivity index (χ3n) is 3.59. The van der Waals surface area contributed by atoms with E-state index in [1.165, 1.54) is 4.68 Å². The van der Waals surface area contributed by atoms with Crippen LogP contribution in [0.25, 0.3) is 0 Å². The van der Waals surface area contributed by atoms with Crippen LogP contribution in [0.3, 0.4) is 0 Å². The van der Waals surface area contributed by atoms with Crippen LogP contribution in [0.2, 0.25) is 5.02 Å². The highest BCUT2D eigenvalue weighted by molar-refractivity contribution is 7.71. The second-order valence-corrected chi connectivity index (χ2v) is 6.36. The summed E-state index contributed by atoms with van der Waals surface area (Å²) in [5.41, 5.74) is 1.97. The van der Waals surface area contributed by atoms with Gasteiger partial charge in [0.25, 0.3) is 0 Å². The Hall–Kier alpha value is -2.38. The first-order valence-corrected chi connectivity index (χ1v) is 8.39. The molecule has 3 rings (SSSR count). The van der Waals surface area contributed by atoms with Crippen molar-refractivity contribution in [2.75, 3.05) is 0 Å². The molecule has 0 aliphatic heterocycles. The van der Waals surface area contributed by atoms with Gasteiger partial charge in [-0.2, -0.15) is 14.9 Å². The third-order valence-corrected chi connectivity index (χ3v) is 4.45. The van der Waals surface area contributed by atoms with Crippen LogP contribution in [0.5, 0.6) is 5.75 Å². The Morgan fingerprint density at radius 1 is 1.32 bits per heavy atom. The van der Waals surface area contributed by atoms with E-state index in [4.69, 9.17) is 33.0 Å². The topological polar surface area (TPSA) is 68.3 Å². The Morgan fingerprint density at radius 3 is 2.68 bits per heavy atom. The van der Waals surface area contributed by atoms with Crippen molar-refractivity contribution in [3.63, 3.8) is 0 Å². The molecule has 1 aromatic carbocycles. The average molecular weight is 377 g/mol. The minimum Gasteiger partial charge on any atom is -0.486 e. The molecule has 0 bridgehead atoms. The van der Waals surface area contributed by atoms with Crippen LogP contribution in [0, 0.1) is 25.5 Å². The van der Waals surface area contributed by atoms with Crippen molar-refractivity contribution in [2.45, 2.75) is 27.4 Å². The van der Waals surface area contributed by atoms with E-state index < -0.39 is 0 Å². The monoisotopic (exact) mass is 376 g/mol. The maximum Gasteiger partial charge on any atom is 0.216 e. The van der Waals surface area contributed by atoms with Crippen molar-refractivity contribution >= 4 is 30.0 Å². The Labute approximate surface area is 155 Å². The van der Waals surface area contributed by atoms with E-state index in [-0.39, 0.29) is 0 Å². The van der Waals surface area contributed by atoms with Gasteiger partial charge in [0.1, 0.15) is 29.7 Å². The molecule has 0 aliphatic rings. The third kappa shape index (κ3) is 4.00. The molecule has 0 spiro atoms. The van der Waals surface area contributed by atoms with Gasteiger partial charge >= 0.3 is 0 Å². The van der Waals surface area contributed by atoms with E-state index >= 15 is 0 Å². The van der Waals surface area contributed by atoms with E-state index in [0.717, 1.165) is 21.9 Å². The zero-order valence-corrected chi connectivity index (χ0v) is 15.6. The van der Waals surface area contributed by atoms with Crippen molar-refractivity contribution in [1.29, 1.82) is 0 Å². The van der Waals surface area contributed by atoms with Crippen LogP contribution < -0.4 is 4.74 Å². The number of furan rings is 1. The van der Waals surface area contributed by atoms with Crippen LogP contribution >= 0.6 is 23.8 Å². The summed E-state index contributed by atoms with van der Waals surface area (Å²) >= 11 is 11.3. The molecule has 0 saturated carbocycles. The maximum atomic E-state index is 6.16. The largest absolute Gasteiger partial charge is 0.486 e. The lowest BCUT2D eigenvalue weighted by molar-refractivity contribution is 0.269. The number of nitrogens with zero attached hydrogens (tertiary/aromatic N) is 3. The summed E-state index contributed by atoms with van der Waals surface area (Å²) in [6.07, 6.45) is 1.58. The Bertz CT molecular complexity index is 964. The van der Waals surface area contributed by atoms with Crippen LogP contribution in [0.1, 0.15) is 28.5 Å². The van der Waals surface area contributed by atoms with E-state index in [0.29, 0.717) is 28.7 Å². The molecule has 2 heterocycles. The van der Waals surface area contributed by atoms with Crippen molar-refractivity contribution < 1.29 is 9.15 Å². The minimum absolute atomic E-state index is 0.318. The molecule has 2 aromatic heterocycles. The van der Waals surface area contributed by atoms with E-state index in [1.807, 2.05) is 38.1 Å². The predicted molar refractivity (Wildman–Crippen MR) is 99.1 cm³/mol. The van der Waals surface area contributed by atoms with E-state index in [1.54, 1.807) is 13.1 Å². The predicted octanol–water partition coefficient (Wildman–Crippen LogP) is 4.57. The minimum atomic E-state index is 0.318. The van der Waals surface area contributed by atoms with Gasteiger partial charge < -0.3 is 9.15 Å². The lowest BCUT2D eigenvalue weighted by atomic mass is 10.1. The first-order valence-electron chi connectivity index (χ1n) is 7.60. The Kier molecular flexibility index (Phi) is 5.06. The number of nitrogens with one attached hydrogen (secondary N) is 1. The fraction of sp³-hybridized carbons (Fsp3) is 0.235. The number of aromatic amines is 1. The first kappa shape index (κ1) is 17.4. The fourth-order valence-electron chi connectivity index (χ4n) is 2.31. The number of halogens is 1. The molecule has 0 saturated heterocycles. The highest BCUT2D eigenvalue weighted by Gasteiger charge is 2.06. The average Bonchev–Trinajstić information content (AvgIpc) is 3.15. The molecular formula is C17H17ClN4O2S. The lowest BCUT2D eigenvalue weighted by Crippen LogP contribution is -1.95. The van der Waals surface area contributed by atoms with E-state index in [2.05, 4.69) is 15.3 Å². The fourth-order valence-corrected chi connectivity index (χ4v) is 2.64. The second-order valence-electron chi connectivity index (χ2n) is 5.60. The van der Waals surface area contributed by atoms with Crippen molar-refractivity contribution in [3.05, 3.63) is 62.5 Å². The SMILES string of the molecule is Cc1cc(OCc2ccc(/C=N\n3c(C)n[nH]c3=S)o2)cc(C)c1Cl. The molecule has 0 fully saturated rings. The van der Waals surface area contributed by atoms with Crippen molar-refractivity contribution in [1.82, 2.24) is 14.9 Å². The number of H-pyrrole nitrogens is 1. The highest BCUT2D eigenvalue weighted by atomic mass is 35.5. The molecule has 6 nitrogen and oxygen atoms in total. The number of hydrogen-bond acceptors (Lipinski definition) is 5. The number of hydrogen-bond donors (Lipinski definition) is 1. The summed E-state index contributed by atoms with van der Waals surface area (Å²) < 4.78 is 13.4. The summed E-state index contributed by atoms with van der Waals surface area (Å²) in [4.78, 5) is 0. The van der Waals surface area contributed by atoms with Gasteiger partial charge in [-0.3, -0.25) is 5.10 Å². The molecule has 0 unspecified atom stereocenters. The summed E-state index contributed by atoms with van der Waals surface area (Å²) in [6.45, 7) is 6.03. The number of aryl methyl sites for hydroxylation is 3. The maximum absolute atomic E-state index is 6.16. The summed E-state index contributed by atoms with van der Waals surface area (Å²) in [7, 11) is 0. The zero-order chi connectivity index (χ0) is 18.0. The van der Waals surface area contributed by atoms with Gasteiger partial charge in [0.2, 0.25) is 4.77 Å². The van der Waals surface area contributed by atoms with E-state index in [9.17, 15) is 0 Å². The molecule has 0 amide bonds. The lowest BCUT2D eigenvalue weighted by Gasteiger charge is -2.08. The van der Waals surface area contributed by atoms with Gasteiger partial charge in [-0.25, -0.2) is 0 Å². The van der Waals surface area contributed by atoms with Gasteiger partial charge in [-0.1, -0.05) is 11.6 Å². The standard InChI is InChI=1S/C17H17ClN4O2S/c1-10-6-15(7-11(2)16(10)18)23-9-14-5-4-13(24-14)8-19-22-12(3)20-21-17(22)25/h4-8H,9H2,1-3H3,(H,21,25)/b19-8-. The Balaban J connectivity index is 1.67. The summed E-state index contributed by atoms with van der Waals surface area (Å²) in [6, 6.07) is 7.48. The molecule has 0 atom stereocenters. The molecule has 25 heavy (non-hydrogen) atoms. The van der Waals surface area contributed by atoms with Gasteiger partial charge in [0.05, 0.1) is 6.21 Å². The van der Waals surface area contributed by atoms with Crippen molar-refractivity contribution in [2.24, 2.45) is 5.10 Å². The molecule has 0 radical (unpaired) electrons. The van der Waals surface area contributed by atoms with Gasteiger partial charge in [0.15, 0.2) is 0 Å². The molecule has 0 aliphatic carbocycles. The van der Waals surface area contributed by atoms with Gasteiger partial charge in [-0.05, 0) is 68.4 Å². The normalized spacial score (nSPS) is 11.4. The molecule has 8 heteroatoms. The summed E-state index contributed by atoms with van der Waals surface area (Å²) in [5, 5.41) is 11.7. The van der Waals surface area contributed by atoms with Gasteiger partial charge in [-0.15, -0.1) is 0 Å². The zero-order valence-electron chi connectivity index (χ0n) is 14.0. The van der Waals surface area contributed by atoms with Crippen LogP contribution in [-0.4, -0.2) is 21.1 Å². The first-order chi connectivity index (χ1) is 11.9. The Morgan fingerprint density at radius 2 is 2.04 bits per heavy atom. The van der Waals surface area contributed by atoms with Crippen LogP contribution in [0.4, 0.5) is 0 Å². The summed E-state index contributed by atoms with van der Waals surface area (Å²) in [5.74, 6) is 2.72. The number of ether oxygens (including phenoxy) is 1. The number of benzene rings is 1. The smallest absolute Gasteiger partial charge is 0.216 e. The second kappa shape index (κ2) is 7.25. The number of aromatic nitrogens is 3. The molecule has 130 valence electrons. The van der Waals surface area contributed by atoms with Crippen molar-refractivity contribution in [3.8, 4) is 5.75 Å². The van der Waals surface area contributed by atoms with Gasteiger partial charge in [0, 0.05) is 5.02 Å².